The maximum Gasteiger partial charge on any atom is 0.298 e. The van der Waals surface area contributed by atoms with Gasteiger partial charge in [-0.1, -0.05) is 48.0 Å². The summed E-state index contributed by atoms with van der Waals surface area (Å²) in [4.78, 5) is 26.9. The molecule has 31 heavy (non-hydrogen) atoms. The van der Waals surface area contributed by atoms with Gasteiger partial charge in [0.2, 0.25) is 0 Å². The van der Waals surface area contributed by atoms with Gasteiger partial charge in [0.1, 0.15) is 18.1 Å². The number of carbonyl (C=O) groups is 2. The first kappa shape index (κ1) is 21.0. The summed E-state index contributed by atoms with van der Waals surface area (Å²) in [5.74, 6) is 0.739. The molecule has 0 aliphatic carbocycles. The van der Waals surface area contributed by atoms with Crippen molar-refractivity contribution in [2.24, 2.45) is 0 Å². The molecule has 0 radical (unpaired) electrons. The Balaban J connectivity index is 1.52. The topological polar surface area (TPSA) is 55.8 Å². The molecule has 2 amide bonds. The molecular formula is C24H18ClNO4S. The van der Waals surface area contributed by atoms with Crippen LogP contribution in [0.15, 0.2) is 77.7 Å². The van der Waals surface area contributed by atoms with Crippen LogP contribution < -0.4 is 14.4 Å². The van der Waals surface area contributed by atoms with Crippen LogP contribution in [0.5, 0.6) is 11.5 Å². The highest BCUT2D eigenvalue weighted by Crippen LogP contribution is 2.39. The van der Waals surface area contributed by atoms with E-state index in [9.17, 15) is 9.59 Å². The summed E-state index contributed by atoms with van der Waals surface area (Å²) in [5.41, 5.74) is 2.18. The van der Waals surface area contributed by atoms with Crippen molar-refractivity contribution in [1.82, 2.24) is 0 Å². The molecule has 4 rings (SSSR count). The molecule has 1 fully saturated rings. The number of hydrogen-bond acceptors (Lipinski definition) is 5. The van der Waals surface area contributed by atoms with Gasteiger partial charge in [-0.2, -0.15) is 0 Å². The molecule has 1 aliphatic heterocycles. The molecule has 0 saturated carbocycles. The predicted octanol–water partition coefficient (Wildman–Crippen LogP) is 6.17. The standard InChI is InChI=1S/C24H18ClNO4S/c1-29-21-8-3-2-7-20(21)26-23(27)22(31-24(26)28)14-17-5-4-6-19(13-17)30-15-16-9-11-18(25)12-10-16/h2-14H,15H2,1H3/b22-14-. The van der Waals surface area contributed by atoms with E-state index < -0.39 is 0 Å². The molecule has 5 nitrogen and oxygen atoms in total. The van der Waals surface area contributed by atoms with Gasteiger partial charge in [0, 0.05) is 5.02 Å². The third-order valence-electron chi connectivity index (χ3n) is 4.59. The lowest BCUT2D eigenvalue weighted by molar-refractivity contribution is -0.113. The first-order valence-corrected chi connectivity index (χ1v) is 10.6. The third-order valence-corrected chi connectivity index (χ3v) is 5.72. The van der Waals surface area contributed by atoms with Crippen molar-refractivity contribution in [3.63, 3.8) is 0 Å². The Bertz CT molecular complexity index is 1160. The maximum atomic E-state index is 12.9. The monoisotopic (exact) mass is 451 g/mol. The van der Waals surface area contributed by atoms with E-state index in [1.165, 1.54) is 7.11 Å². The molecule has 3 aromatic rings. The third kappa shape index (κ3) is 4.76. The van der Waals surface area contributed by atoms with E-state index in [-0.39, 0.29) is 11.1 Å². The average molecular weight is 452 g/mol. The number of nitrogens with zero attached hydrogens (tertiary/aromatic N) is 1. The largest absolute Gasteiger partial charge is 0.495 e. The van der Waals surface area contributed by atoms with E-state index in [2.05, 4.69) is 0 Å². The number of methoxy groups -OCH3 is 1. The van der Waals surface area contributed by atoms with Crippen LogP contribution in [-0.2, 0) is 11.4 Å². The molecule has 0 atom stereocenters. The average Bonchev–Trinajstić information content (AvgIpc) is 3.06. The Hall–Kier alpha value is -3.22. The van der Waals surface area contributed by atoms with Gasteiger partial charge < -0.3 is 9.47 Å². The van der Waals surface area contributed by atoms with Crippen molar-refractivity contribution in [3.05, 3.63) is 93.9 Å². The second-order valence-corrected chi connectivity index (χ2v) is 8.11. The zero-order chi connectivity index (χ0) is 21.8. The Morgan fingerprint density at radius 2 is 1.77 bits per heavy atom. The summed E-state index contributed by atoms with van der Waals surface area (Å²) in [6.07, 6.45) is 1.69. The highest BCUT2D eigenvalue weighted by atomic mass is 35.5. The first-order chi connectivity index (χ1) is 15.0. The summed E-state index contributed by atoms with van der Waals surface area (Å²) in [6.45, 7) is 0.394. The number of anilines is 1. The van der Waals surface area contributed by atoms with E-state index in [4.69, 9.17) is 21.1 Å². The maximum absolute atomic E-state index is 12.9. The zero-order valence-corrected chi connectivity index (χ0v) is 18.2. The second kappa shape index (κ2) is 9.29. The normalized spacial score (nSPS) is 14.9. The van der Waals surface area contributed by atoms with E-state index in [1.807, 2.05) is 48.5 Å². The lowest BCUT2D eigenvalue weighted by Gasteiger charge is -2.15. The summed E-state index contributed by atoms with van der Waals surface area (Å²) >= 11 is 6.81. The second-order valence-electron chi connectivity index (χ2n) is 6.68. The summed E-state index contributed by atoms with van der Waals surface area (Å²) in [7, 11) is 1.50. The number of amides is 2. The SMILES string of the molecule is COc1ccccc1N1C(=O)S/C(=C\c2cccc(OCc3ccc(Cl)cc3)c2)C1=O. The minimum absolute atomic E-state index is 0.339. The zero-order valence-electron chi connectivity index (χ0n) is 16.6. The van der Waals surface area contributed by atoms with Gasteiger partial charge in [-0.3, -0.25) is 9.59 Å². The van der Waals surface area contributed by atoms with E-state index in [0.29, 0.717) is 33.7 Å². The molecule has 0 unspecified atom stereocenters. The molecule has 156 valence electrons. The van der Waals surface area contributed by atoms with Crippen LogP contribution in [0, 0.1) is 0 Å². The summed E-state index contributed by atoms with van der Waals surface area (Å²) in [6, 6.07) is 21.7. The highest BCUT2D eigenvalue weighted by Gasteiger charge is 2.37. The van der Waals surface area contributed by atoms with Crippen molar-refractivity contribution >= 4 is 46.3 Å². The lowest BCUT2D eigenvalue weighted by Crippen LogP contribution is -2.28. The van der Waals surface area contributed by atoms with Crippen molar-refractivity contribution < 1.29 is 19.1 Å². The molecule has 1 heterocycles. The number of ether oxygens (including phenoxy) is 2. The molecule has 0 spiro atoms. The minimum atomic E-state index is -0.382. The molecule has 3 aromatic carbocycles. The molecule has 1 aliphatic rings. The Labute approximate surface area is 189 Å². The van der Waals surface area contributed by atoms with Gasteiger partial charge in [-0.05, 0) is 65.4 Å². The van der Waals surface area contributed by atoms with Crippen molar-refractivity contribution in [1.29, 1.82) is 0 Å². The van der Waals surface area contributed by atoms with Crippen LogP contribution in [-0.4, -0.2) is 18.3 Å². The van der Waals surface area contributed by atoms with Gasteiger partial charge in [0.25, 0.3) is 11.1 Å². The number of imide groups is 1. The van der Waals surface area contributed by atoms with E-state index in [0.717, 1.165) is 27.8 Å². The van der Waals surface area contributed by atoms with Gasteiger partial charge in [0.05, 0.1) is 17.7 Å². The van der Waals surface area contributed by atoms with Crippen LogP contribution in [0.3, 0.4) is 0 Å². The van der Waals surface area contributed by atoms with Gasteiger partial charge in [-0.25, -0.2) is 4.90 Å². The smallest absolute Gasteiger partial charge is 0.298 e. The quantitative estimate of drug-likeness (QED) is 0.419. The van der Waals surface area contributed by atoms with Gasteiger partial charge in [-0.15, -0.1) is 0 Å². The van der Waals surface area contributed by atoms with Crippen LogP contribution in [0.25, 0.3) is 6.08 Å². The number of rotatable bonds is 6. The van der Waals surface area contributed by atoms with Gasteiger partial charge >= 0.3 is 0 Å². The highest BCUT2D eigenvalue weighted by molar-refractivity contribution is 8.19. The Morgan fingerprint density at radius 1 is 1.00 bits per heavy atom. The van der Waals surface area contributed by atoms with Crippen LogP contribution in [0.4, 0.5) is 10.5 Å². The number of carbonyl (C=O) groups excluding carboxylic acids is 2. The fourth-order valence-corrected chi connectivity index (χ4v) is 4.04. The van der Waals surface area contributed by atoms with Crippen molar-refractivity contribution in [2.75, 3.05) is 12.0 Å². The minimum Gasteiger partial charge on any atom is -0.495 e. The first-order valence-electron chi connectivity index (χ1n) is 9.43. The van der Waals surface area contributed by atoms with E-state index in [1.54, 1.807) is 30.3 Å². The van der Waals surface area contributed by atoms with Crippen LogP contribution in [0.1, 0.15) is 11.1 Å². The number of para-hydroxylation sites is 2. The number of benzene rings is 3. The number of halogens is 1. The lowest BCUT2D eigenvalue weighted by atomic mass is 10.2. The van der Waals surface area contributed by atoms with Crippen LogP contribution in [0.2, 0.25) is 5.02 Å². The Morgan fingerprint density at radius 3 is 2.55 bits per heavy atom. The molecule has 1 saturated heterocycles. The van der Waals surface area contributed by atoms with Crippen molar-refractivity contribution in [3.8, 4) is 11.5 Å². The van der Waals surface area contributed by atoms with Gasteiger partial charge in [0.15, 0.2) is 0 Å². The molecule has 0 aromatic heterocycles. The Kier molecular flexibility index (Phi) is 6.30. The fraction of sp³-hybridized carbons (Fsp3) is 0.0833. The summed E-state index contributed by atoms with van der Waals surface area (Å²) in [5, 5.41) is 0.309. The molecule has 7 heteroatoms. The molecular weight excluding hydrogens is 434 g/mol. The fourth-order valence-electron chi connectivity index (χ4n) is 3.08. The number of thioether (sulfide) groups is 1. The predicted molar refractivity (Wildman–Crippen MR) is 124 cm³/mol. The molecule has 0 N–H and O–H groups in total. The van der Waals surface area contributed by atoms with Crippen LogP contribution >= 0.6 is 23.4 Å². The molecule has 0 bridgehead atoms. The van der Waals surface area contributed by atoms with E-state index >= 15 is 0 Å². The number of hydrogen-bond donors (Lipinski definition) is 0. The van der Waals surface area contributed by atoms with Crippen molar-refractivity contribution in [2.45, 2.75) is 6.61 Å². The summed E-state index contributed by atoms with van der Waals surface area (Å²) < 4.78 is 11.1.